The van der Waals surface area contributed by atoms with Crippen LogP contribution in [-0.2, 0) is 4.79 Å². The molecule has 1 saturated heterocycles. The van der Waals surface area contributed by atoms with Crippen LogP contribution < -0.4 is 0 Å². The fourth-order valence-corrected chi connectivity index (χ4v) is 3.31. The van der Waals surface area contributed by atoms with E-state index in [2.05, 4.69) is 16.5 Å². The lowest BCUT2D eigenvalue weighted by Crippen LogP contribution is -2.26. The molecule has 1 aromatic rings. The number of thioether (sulfide) groups is 1. The molecule has 5 heteroatoms. The minimum atomic E-state index is 0.140. The molecule has 0 N–H and O–H groups in total. The van der Waals surface area contributed by atoms with E-state index in [4.69, 9.17) is 0 Å². The molecule has 4 nitrogen and oxygen atoms in total. The van der Waals surface area contributed by atoms with Crippen LogP contribution in [0.15, 0.2) is 36.3 Å². The zero-order valence-electron chi connectivity index (χ0n) is 10.5. The maximum atomic E-state index is 11.5. The number of hydrogen-bond acceptors (Lipinski definition) is 4. The maximum absolute atomic E-state index is 11.5. The van der Waals surface area contributed by atoms with Crippen molar-refractivity contribution in [3.05, 3.63) is 31.1 Å². The molecule has 0 unspecified atom stereocenters. The fraction of sp³-hybridized carbons (Fsp3) is 0.462. The Hall–Kier alpha value is -1.36. The van der Waals surface area contributed by atoms with Crippen LogP contribution in [0.1, 0.15) is 13.3 Å². The Morgan fingerprint density at radius 1 is 1.56 bits per heavy atom. The first-order valence-corrected chi connectivity index (χ1v) is 6.88. The van der Waals surface area contributed by atoms with E-state index in [0.29, 0.717) is 11.2 Å². The average molecular weight is 263 g/mol. The number of aromatic nitrogens is 2. The molecular formula is C13H17N3OS. The van der Waals surface area contributed by atoms with E-state index in [0.717, 1.165) is 24.7 Å². The molecule has 18 heavy (non-hydrogen) atoms. The largest absolute Gasteiger partial charge is 0.341 e. The number of amides is 1. The lowest BCUT2D eigenvalue weighted by molar-refractivity contribution is -0.127. The molecule has 0 radical (unpaired) electrons. The fourth-order valence-electron chi connectivity index (χ4n) is 2.15. The summed E-state index contributed by atoms with van der Waals surface area (Å²) in [4.78, 5) is 21.8. The van der Waals surface area contributed by atoms with Gasteiger partial charge in [-0.2, -0.15) is 0 Å². The maximum Gasteiger partial charge on any atom is 0.219 e. The highest BCUT2D eigenvalue weighted by Gasteiger charge is 2.34. The first-order valence-electron chi connectivity index (χ1n) is 6.00. The van der Waals surface area contributed by atoms with Crippen LogP contribution in [0.4, 0.5) is 0 Å². The van der Waals surface area contributed by atoms with Crippen LogP contribution in [-0.4, -0.2) is 39.1 Å². The number of carbonyl (C=O) groups is 1. The number of allylic oxidation sites excluding steroid dienone is 1. The molecule has 1 amide bonds. The van der Waals surface area contributed by atoms with Crippen LogP contribution in [0.25, 0.3) is 0 Å². The molecular weight excluding hydrogens is 246 g/mol. The molecule has 0 bridgehead atoms. The minimum Gasteiger partial charge on any atom is -0.341 e. The molecule has 0 aliphatic carbocycles. The zero-order chi connectivity index (χ0) is 13.0. The van der Waals surface area contributed by atoms with Gasteiger partial charge in [-0.25, -0.2) is 9.97 Å². The summed E-state index contributed by atoms with van der Waals surface area (Å²) in [6, 6.07) is 1.81. The van der Waals surface area contributed by atoms with Gasteiger partial charge in [0, 0.05) is 37.7 Å². The topological polar surface area (TPSA) is 46.1 Å². The first-order chi connectivity index (χ1) is 8.70. The van der Waals surface area contributed by atoms with Gasteiger partial charge >= 0.3 is 0 Å². The van der Waals surface area contributed by atoms with Crippen molar-refractivity contribution in [2.75, 3.05) is 13.1 Å². The predicted octanol–water partition coefficient (Wildman–Crippen LogP) is 1.99. The predicted molar refractivity (Wildman–Crippen MR) is 72.2 cm³/mol. The quantitative estimate of drug-likeness (QED) is 0.615. The van der Waals surface area contributed by atoms with E-state index < -0.39 is 0 Å². The van der Waals surface area contributed by atoms with Gasteiger partial charge < -0.3 is 4.90 Å². The van der Waals surface area contributed by atoms with Crippen molar-refractivity contribution in [2.45, 2.75) is 23.8 Å². The van der Waals surface area contributed by atoms with Gasteiger partial charge in [0.1, 0.15) is 0 Å². The van der Waals surface area contributed by atoms with Gasteiger partial charge in [-0.3, -0.25) is 4.79 Å². The van der Waals surface area contributed by atoms with Crippen LogP contribution in [0.3, 0.4) is 0 Å². The lowest BCUT2D eigenvalue weighted by atomic mass is 10.1. The SMILES string of the molecule is C=CC[C@@H]1CN(C(C)=O)C[C@H]1Sc1ncccn1. The van der Waals surface area contributed by atoms with Crippen molar-refractivity contribution >= 4 is 17.7 Å². The van der Waals surface area contributed by atoms with Gasteiger partial charge in [-0.1, -0.05) is 17.8 Å². The molecule has 1 aliphatic rings. The summed E-state index contributed by atoms with van der Waals surface area (Å²) in [7, 11) is 0. The van der Waals surface area contributed by atoms with Crippen LogP contribution in [0.2, 0.25) is 0 Å². The highest BCUT2D eigenvalue weighted by Crippen LogP contribution is 2.33. The van der Waals surface area contributed by atoms with Gasteiger partial charge in [0.25, 0.3) is 0 Å². The van der Waals surface area contributed by atoms with E-state index in [-0.39, 0.29) is 5.91 Å². The molecule has 96 valence electrons. The summed E-state index contributed by atoms with van der Waals surface area (Å²) in [6.07, 6.45) is 6.34. The number of carbonyl (C=O) groups excluding carboxylic acids is 1. The Labute approximate surface area is 112 Å². The molecule has 0 aromatic carbocycles. The smallest absolute Gasteiger partial charge is 0.219 e. The minimum absolute atomic E-state index is 0.140. The molecule has 2 heterocycles. The summed E-state index contributed by atoms with van der Waals surface area (Å²) in [5.41, 5.74) is 0. The van der Waals surface area contributed by atoms with Gasteiger partial charge in [0.15, 0.2) is 5.16 Å². The Morgan fingerprint density at radius 2 is 2.28 bits per heavy atom. The van der Waals surface area contributed by atoms with Gasteiger partial charge in [-0.15, -0.1) is 6.58 Å². The molecule has 0 spiro atoms. The molecule has 1 aliphatic heterocycles. The molecule has 1 aromatic heterocycles. The molecule has 1 fully saturated rings. The Morgan fingerprint density at radius 3 is 2.89 bits per heavy atom. The molecule has 0 saturated carbocycles. The average Bonchev–Trinajstić information content (AvgIpc) is 2.75. The number of hydrogen-bond donors (Lipinski definition) is 0. The Kier molecular flexibility index (Phi) is 4.36. The second kappa shape index (κ2) is 6.00. The van der Waals surface area contributed by atoms with Crippen LogP contribution >= 0.6 is 11.8 Å². The van der Waals surface area contributed by atoms with Gasteiger partial charge in [-0.05, 0) is 18.4 Å². The summed E-state index contributed by atoms with van der Waals surface area (Å²) in [5.74, 6) is 0.585. The number of likely N-dealkylation sites (tertiary alicyclic amines) is 1. The van der Waals surface area contributed by atoms with E-state index in [1.165, 1.54) is 0 Å². The van der Waals surface area contributed by atoms with Crippen molar-refractivity contribution < 1.29 is 4.79 Å². The normalized spacial score (nSPS) is 23.1. The van der Waals surface area contributed by atoms with Crippen molar-refractivity contribution in [3.63, 3.8) is 0 Å². The van der Waals surface area contributed by atoms with Gasteiger partial charge in [0.2, 0.25) is 5.91 Å². The number of rotatable bonds is 4. The molecule has 2 atom stereocenters. The second-order valence-electron chi connectivity index (χ2n) is 4.40. The highest BCUT2D eigenvalue weighted by molar-refractivity contribution is 7.99. The molecule has 2 rings (SSSR count). The summed E-state index contributed by atoms with van der Waals surface area (Å²) < 4.78 is 0. The van der Waals surface area contributed by atoms with Crippen molar-refractivity contribution in [3.8, 4) is 0 Å². The Balaban J connectivity index is 2.05. The lowest BCUT2D eigenvalue weighted by Gasteiger charge is -2.14. The highest BCUT2D eigenvalue weighted by atomic mass is 32.2. The van der Waals surface area contributed by atoms with Crippen molar-refractivity contribution in [1.29, 1.82) is 0 Å². The second-order valence-corrected chi connectivity index (χ2v) is 5.60. The summed E-state index contributed by atoms with van der Waals surface area (Å²) in [5, 5.41) is 1.14. The third-order valence-corrected chi connectivity index (χ3v) is 4.35. The monoisotopic (exact) mass is 263 g/mol. The van der Waals surface area contributed by atoms with E-state index in [9.17, 15) is 4.79 Å². The third kappa shape index (κ3) is 3.10. The summed E-state index contributed by atoms with van der Waals surface area (Å²) in [6.45, 7) is 7.00. The van der Waals surface area contributed by atoms with Crippen LogP contribution in [0, 0.1) is 5.92 Å². The third-order valence-electron chi connectivity index (χ3n) is 3.09. The van der Waals surface area contributed by atoms with Crippen LogP contribution in [0.5, 0.6) is 0 Å². The Bertz CT molecular complexity index is 424. The van der Waals surface area contributed by atoms with E-state index >= 15 is 0 Å². The van der Waals surface area contributed by atoms with E-state index in [1.54, 1.807) is 31.1 Å². The standard InChI is InChI=1S/C13H17N3OS/c1-3-5-11-8-16(10(2)17)9-12(11)18-13-14-6-4-7-15-13/h3-4,6-7,11-12H,1,5,8-9H2,2H3/t11-,12-/m1/s1. The van der Waals surface area contributed by atoms with E-state index in [1.807, 2.05) is 17.0 Å². The zero-order valence-corrected chi connectivity index (χ0v) is 11.3. The summed E-state index contributed by atoms with van der Waals surface area (Å²) >= 11 is 1.66. The number of nitrogens with zero attached hydrogens (tertiary/aromatic N) is 3. The van der Waals surface area contributed by atoms with Gasteiger partial charge in [0.05, 0.1) is 0 Å². The first kappa shape index (κ1) is 13.1. The van der Waals surface area contributed by atoms with Crippen molar-refractivity contribution in [2.24, 2.45) is 5.92 Å². The van der Waals surface area contributed by atoms with Crippen molar-refractivity contribution in [1.82, 2.24) is 14.9 Å².